The number of hydrogen-bond donors (Lipinski definition) is 2. The van der Waals surface area contributed by atoms with Crippen LogP contribution in [0.2, 0.25) is 0 Å². The number of anilines is 1. The van der Waals surface area contributed by atoms with Crippen molar-refractivity contribution in [3.8, 4) is 0 Å². The second-order valence-electron chi connectivity index (χ2n) is 8.34. The average Bonchev–Trinajstić information content (AvgIpc) is 2.60. The molecule has 1 aromatic heterocycles. The van der Waals surface area contributed by atoms with E-state index in [2.05, 4.69) is 10.0 Å². The summed E-state index contributed by atoms with van der Waals surface area (Å²) in [5.74, 6) is 0.518. The summed E-state index contributed by atoms with van der Waals surface area (Å²) in [7, 11) is -3.29. The molecule has 1 saturated carbocycles. The van der Waals surface area contributed by atoms with Gasteiger partial charge in [-0.05, 0) is 76.6 Å². The largest absolute Gasteiger partial charge is 0.423 e. The molecule has 0 amide bonds. The predicted molar refractivity (Wildman–Crippen MR) is 109 cm³/mol. The van der Waals surface area contributed by atoms with E-state index in [1.807, 2.05) is 12.1 Å². The summed E-state index contributed by atoms with van der Waals surface area (Å²) in [5.41, 5.74) is 1.23. The van der Waals surface area contributed by atoms with Gasteiger partial charge in [-0.15, -0.1) is 0 Å². The Labute approximate surface area is 160 Å². The highest BCUT2D eigenvalue weighted by Gasteiger charge is 2.32. The van der Waals surface area contributed by atoms with Gasteiger partial charge in [0.1, 0.15) is 5.58 Å². The SMILES string of the molecule is CC(C)(C)S(=O)(=O)NC1CCC(CNc2ccc3oc(=O)ccc3c2)CC1. The van der Waals surface area contributed by atoms with Crippen molar-refractivity contribution >= 4 is 26.7 Å². The molecule has 0 bridgehead atoms. The van der Waals surface area contributed by atoms with Crippen LogP contribution in [0.15, 0.2) is 39.5 Å². The summed E-state index contributed by atoms with van der Waals surface area (Å²) in [6.45, 7) is 6.01. The molecule has 0 atom stereocenters. The standard InChI is InChI=1S/C20H28N2O4S/c1-20(2,3)27(24,25)22-16-7-4-14(5-8-16)13-21-17-9-10-18-15(12-17)6-11-19(23)26-18/h6,9-12,14,16,21-22H,4-5,7-8,13H2,1-3H3. The molecule has 0 radical (unpaired) electrons. The second-order valence-corrected chi connectivity index (χ2v) is 10.8. The minimum absolute atomic E-state index is 0.0362. The van der Waals surface area contributed by atoms with E-state index in [9.17, 15) is 13.2 Å². The Hall–Kier alpha value is -1.86. The maximum Gasteiger partial charge on any atom is 0.336 e. The van der Waals surface area contributed by atoms with Crippen molar-refractivity contribution in [2.45, 2.75) is 57.2 Å². The molecule has 3 rings (SSSR count). The van der Waals surface area contributed by atoms with Crippen molar-refractivity contribution in [2.75, 3.05) is 11.9 Å². The molecule has 2 N–H and O–H groups in total. The van der Waals surface area contributed by atoms with E-state index in [-0.39, 0.29) is 11.7 Å². The topological polar surface area (TPSA) is 88.4 Å². The Balaban J connectivity index is 1.51. The fraction of sp³-hybridized carbons (Fsp3) is 0.550. The van der Waals surface area contributed by atoms with E-state index in [1.165, 1.54) is 6.07 Å². The molecule has 6 nitrogen and oxygen atoms in total. The maximum absolute atomic E-state index is 12.3. The predicted octanol–water partition coefficient (Wildman–Crippen LogP) is 3.48. The van der Waals surface area contributed by atoms with E-state index < -0.39 is 14.8 Å². The Morgan fingerprint density at radius 3 is 2.44 bits per heavy atom. The van der Waals surface area contributed by atoms with Crippen LogP contribution in [0.5, 0.6) is 0 Å². The van der Waals surface area contributed by atoms with Crippen molar-refractivity contribution in [3.63, 3.8) is 0 Å². The Morgan fingerprint density at radius 2 is 1.78 bits per heavy atom. The number of nitrogens with one attached hydrogen (secondary N) is 2. The van der Waals surface area contributed by atoms with Crippen LogP contribution in [-0.2, 0) is 10.0 Å². The number of hydrogen-bond acceptors (Lipinski definition) is 5. The fourth-order valence-electron chi connectivity index (χ4n) is 3.32. The molecule has 27 heavy (non-hydrogen) atoms. The highest BCUT2D eigenvalue weighted by molar-refractivity contribution is 7.90. The van der Waals surface area contributed by atoms with Crippen LogP contribution in [0.25, 0.3) is 11.0 Å². The van der Waals surface area contributed by atoms with Gasteiger partial charge in [0.05, 0.1) is 4.75 Å². The molecule has 0 saturated heterocycles. The van der Waals surface area contributed by atoms with Crippen LogP contribution in [0, 0.1) is 5.92 Å². The van der Waals surface area contributed by atoms with Crippen LogP contribution in [-0.4, -0.2) is 25.8 Å². The zero-order valence-electron chi connectivity index (χ0n) is 16.1. The highest BCUT2D eigenvalue weighted by atomic mass is 32.2. The van der Waals surface area contributed by atoms with E-state index in [1.54, 1.807) is 32.9 Å². The van der Waals surface area contributed by atoms with Gasteiger partial charge in [0.15, 0.2) is 0 Å². The van der Waals surface area contributed by atoms with Crippen molar-refractivity contribution in [3.05, 3.63) is 40.8 Å². The van der Waals surface area contributed by atoms with Gasteiger partial charge in [-0.2, -0.15) is 0 Å². The second kappa shape index (κ2) is 7.64. The fourth-order valence-corrected chi connectivity index (χ4v) is 4.35. The molecular weight excluding hydrogens is 364 g/mol. The lowest BCUT2D eigenvalue weighted by atomic mass is 9.86. The van der Waals surface area contributed by atoms with Crippen molar-refractivity contribution in [2.24, 2.45) is 5.92 Å². The van der Waals surface area contributed by atoms with E-state index in [4.69, 9.17) is 4.42 Å². The summed E-state index contributed by atoms with van der Waals surface area (Å²) in [6, 6.07) is 8.91. The zero-order chi connectivity index (χ0) is 19.7. The van der Waals surface area contributed by atoms with Gasteiger partial charge in [0.2, 0.25) is 10.0 Å². The molecule has 7 heteroatoms. The van der Waals surface area contributed by atoms with Gasteiger partial charge in [-0.1, -0.05) is 0 Å². The van der Waals surface area contributed by atoms with Crippen molar-refractivity contribution in [1.82, 2.24) is 4.72 Å². The quantitative estimate of drug-likeness (QED) is 0.761. The zero-order valence-corrected chi connectivity index (χ0v) is 16.9. The van der Waals surface area contributed by atoms with Gasteiger partial charge in [-0.25, -0.2) is 17.9 Å². The number of fused-ring (bicyclic) bond motifs is 1. The van der Waals surface area contributed by atoms with Crippen LogP contribution in [0.1, 0.15) is 46.5 Å². The van der Waals surface area contributed by atoms with Gasteiger partial charge in [0, 0.05) is 29.7 Å². The van der Waals surface area contributed by atoms with Crippen LogP contribution in [0.3, 0.4) is 0 Å². The Kier molecular flexibility index (Phi) is 5.63. The lowest BCUT2D eigenvalue weighted by Gasteiger charge is -2.31. The van der Waals surface area contributed by atoms with Gasteiger partial charge >= 0.3 is 5.63 Å². The minimum Gasteiger partial charge on any atom is -0.423 e. The smallest absolute Gasteiger partial charge is 0.336 e. The summed E-state index contributed by atoms with van der Waals surface area (Å²) in [4.78, 5) is 11.2. The summed E-state index contributed by atoms with van der Waals surface area (Å²) in [5, 5.41) is 4.34. The molecule has 148 valence electrons. The van der Waals surface area contributed by atoms with E-state index >= 15 is 0 Å². The van der Waals surface area contributed by atoms with E-state index in [0.29, 0.717) is 11.5 Å². The molecular formula is C20H28N2O4S. The molecule has 1 fully saturated rings. The van der Waals surface area contributed by atoms with Crippen molar-refractivity contribution in [1.29, 1.82) is 0 Å². The van der Waals surface area contributed by atoms with Crippen LogP contribution in [0.4, 0.5) is 5.69 Å². The summed E-state index contributed by atoms with van der Waals surface area (Å²) in [6.07, 6.45) is 3.72. The van der Waals surface area contributed by atoms with E-state index in [0.717, 1.165) is 43.3 Å². The molecule has 1 aromatic carbocycles. The molecule has 1 aliphatic carbocycles. The molecule has 0 aliphatic heterocycles. The number of sulfonamides is 1. The normalized spacial score (nSPS) is 21.3. The first-order valence-corrected chi connectivity index (χ1v) is 10.9. The number of rotatable bonds is 5. The molecule has 1 aliphatic rings. The third-order valence-electron chi connectivity index (χ3n) is 5.19. The molecule has 1 heterocycles. The first-order valence-electron chi connectivity index (χ1n) is 9.44. The van der Waals surface area contributed by atoms with Crippen LogP contribution < -0.4 is 15.7 Å². The first kappa shape index (κ1) is 19.9. The van der Waals surface area contributed by atoms with Gasteiger partial charge in [-0.3, -0.25) is 0 Å². The first-order chi connectivity index (χ1) is 12.6. The maximum atomic E-state index is 12.3. The van der Waals surface area contributed by atoms with Gasteiger partial charge < -0.3 is 9.73 Å². The summed E-state index contributed by atoms with van der Waals surface area (Å²) >= 11 is 0. The number of benzene rings is 1. The summed E-state index contributed by atoms with van der Waals surface area (Å²) < 4.78 is 31.8. The molecule has 0 spiro atoms. The monoisotopic (exact) mass is 392 g/mol. The third kappa shape index (κ3) is 4.90. The molecule has 2 aromatic rings. The molecule has 0 unspecified atom stereocenters. The average molecular weight is 393 g/mol. The minimum atomic E-state index is -3.29. The van der Waals surface area contributed by atoms with Gasteiger partial charge in [0.25, 0.3) is 0 Å². The lowest BCUT2D eigenvalue weighted by molar-refractivity contribution is 0.322. The highest BCUT2D eigenvalue weighted by Crippen LogP contribution is 2.27. The van der Waals surface area contributed by atoms with Crippen LogP contribution >= 0.6 is 0 Å². The third-order valence-corrected chi connectivity index (χ3v) is 7.44. The Bertz CT molecular complexity index is 952. The Morgan fingerprint density at radius 1 is 1.07 bits per heavy atom. The lowest BCUT2D eigenvalue weighted by Crippen LogP contribution is -2.46. The van der Waals surface area contributed by atoms with Crippen molar-refractivity contribution < 1.29 is 12.8 Å².